The minimum absolute atomic E-state index is 0.126. The highest BCUT2D eigenvalue weighted by molar-refractivity contribution is 7.99. The normalized spacial score (nSPS) is 11.1. The number of amides is 1. The monoisotopic (exact) mass is 397 g/mol. The number of aryl methyl sites for hydroxylation is 1. The minimum atomic E-state index is -0.394. The van der Waals surface area contributed by atoms with Crippen molar-refractivity contribution in [2.24, 2.45) is 5.10 Å². The van der Waals surface area contributed by atoms with Gasteiger partial charge in [0.25, 0.3) is 5.91 Å². The van der Waals surface area contributed by atoms with Crippen LogP contribution in [0.3, 0.4) is 0 Å². The summed E-state index contributed by atoms with van der Waals surface area (Å²) < 4.78 is 15.5. The van der Waals surface area contributed by atoms with Gasteiger partial charge in [0.2, 0.25) is 0 Å². The minimum Gasteiger partial charge on any atom is -0.302 e. The van der Waals surface area contributed by atoms with E-state index in [0.29, 0.717) is 17.3 Å². The van der Waals surface area contributed by atoms with Gasteiger partial charge < -0.3 is 4.57 Å². The Morgan fingerprint density at radius 1 is 1.21 bits per heavy atom. The number of benzene rings is 2. The molecule has 0 atom stereocenters. The first-order valence-electron chi connectivity index (χ1n) is 8.78. The quantitative estimate of drug-likeness (QED) is 0.375. The fourth-order valence-corrected chi connectivity index (χ4v) is 3.31. The highest BCUT2D eigenvalue weighted by Gasteiger charge is 2.14. The van der Waals surface area contributed by atoms with Crippen LogP contribution < -0.4 is 5.43 Å². The summed E-state index contributed by atoms with van der Waals surface area (Å²) in [5, 5.41) is 12.9. The Morgan fingerprint density at radius 2 is 1.96 bits per heavy atom. The molecule has 0 aliphatic carbocycles. The second kappa shape index (κ2) is 9.27. The Kier molecular flexibility index (Phi) is 6.54. The fourth-order valence-electron chi connectivity index (χ4n) is 2.51. The summed E-state index contributed by atoms with van der Waals surface area (Å²) in [7, 11) is 0. The van der Waals surface area contributed by atoms with E-state index in [1.54, 1.807) is 18.2 Å². The van der Waals surface area contributed by atoms with Crippen molar-refractivity contribution in [3.05, 3.63) is 65.5 Å². The summed E-state index contributed by atoms with van der Waals surface area (Å²) in [5.41, 5.74) is 4.86. The molecule has 2 aromatic carbocycles. The zero-order chi connectivity index (χ0) is 19.9. The van der Waals surface area contributed by atoms with E-state index in [1.807, 2.05) is 42.7 Å². The maximum atomic E-state index is 13.5. The first-order chi connectivity index (χ1) is 13.6. The molecule has 0 bridgehead atoms. The van der Waals surface area contributed by atoms with E-state index in [2.05, 4.69) is 20.7 Å². The van der Waals surface area contributed by atoms with Gasteiger partial charge in [-0.25, -0.2) is 9.82 Å². The van der Waals surface area contributed by atoms with E-state index in [1.165, 1.54) is 29.6 Å². The molecule has 0 saturated carbocycles. The van der Waals surface area contributed by atoms with Gasteiger partial charge in [0.05, 0.1) is 12.0 Å². The molecule has 1 amide bonds. The summed E-state index contributed by atoms with van der Waals surface area (Å²) in [4.78, 5) is 12.0. The summed E-state index contributed by atoms with van der Waals surface area (Å²) >= 11 is 1.28. The molecule has 1 N–H and O–H groups in total. The Labute approximate surface area is 166 Å². The van der Waals surface area contributed by atoms with Gasteiger partial charge in [-0.3, -0.25) is 4.79 Å². The van der Waals surface area contributed by atoms with Gasteiger partial charge in [0, 0.05) is 17.7 Å². The van der Waals surface area contributed by atoms with Crippen LogP contribution in [-0.4, -0.2) is 32.6 Å². The van der Waals surface area contributed by atoms with Gasteiger partial charge in [0.15, 0.2) is 11.0 Å². The van der Waals surface area contributed by atoms with Crippen LogP contribution in [-0.2, 0) is 11.3 Å². The number of hydrazone groups is 1. The number of nitrogens with one attached hydrogen (secondary N) is 1. The number of carbonyl (C=O) groups excluding carboxylic acids is 1. The third kappa shape index (κ3) is 4.83. The molecule has 144 valence electrons. The van der Waals surface area contributed by atoms with E-state index in [0.717, 1.165) is 11.4 Å². The zero-order valence-corrected chi connectivity index (χ0v) is 16.4. The number of aromatic nitrogens is 3. The predicted molar refractivity (Wildman–Crippen MR) is 109 cm³/mol. The van der Waals surface area contributed by atoms with Crippen LogP contribution in [0.25, 0.3) is 11.4 Å². The van der Waals surface area contributed by atoms with Crippen molar-refractivity contribution in [2.75, 3.05) is 5.75 Å². The van der Waals surface area contributed by atoms with Gasteiger partial charge in [0.1, 0.15) is 5.82 Å². The molecule has 1 aromatic heterocycles. The molecular weight excluding hydrogens is 377 g/mol. The van der Waals surface area contributed by atoms with Crippen LogP contribution in [0, 0.1) is 12.7 Å². The van der Waals surface area contributed by atoms with Crippen LogP contribution in [0.4, 0.5) is 4.39 Å². The number of hydrogen-bond donors (Lipinski definition) is 1. The van der Waals surface area contributed by atoms with Gasteiger partial charge >= 0.3 is 0 Å². The number of hydrogen-bond acceptors (Lipinski definition) is 5. The van der Waals surface area contributed by atoms with Gasteiger partial charge in [-0.15, -0.1) is 10.2 Å². The van der Waals surface area contributed by atoms with Crippen molar-refractivity contribution >= 4 is 23.9 Å². The van der Waals surface area contributed by atoms with Crippen LogP contribution >= 0.6 is 11.8 Å². The van der Waals surface area contributed by atoms with Crippen molar-refractivity contribution in [3.63, 3.8) is 0 Å². The fraction of sp³-hybridized carbons (Fsp3) is 0.200. The Bertz CT molecular complexity index is 985. The van der Waals surface area contributed by atoms with Crippen LogP contribution in [0.1, 0.15) is 18.1 Å². The topological polar surface area (TPSA) is 72.2 Å². The van der Waals surface area contributed by atoms with Crippen LogP contribution in [0.2, 0.25) is 0 Å². The van der Waals surface area contributed by atoms with Gasteiger partial charge in [-0.1, -0.05) is 59.8 Å². The third-order valence-electron chi connectivity index (χ3n) is 3.97. The average Bonchev–Trinajstić information content (AvgIpc) is 3.11. The van der Waals surface area contributed by atoms with E-state index < -0.39 is 5.82 Å². The van der Waals surface area contributed by atoms with Crippen LogP contribution in [0.15, 0.2) is 58.8 Å². The van der Waals surface area contributed by atoms with E-state index in [9.17, 15) is 9.18 Å². The van der Waals surface area contributed by atoms with Gasteiger partial charge in [-0.05, 0) is 19.9 Å². The standard InChI is InChI=1S/C20H20FN5OS/c1-3-26-19(15-10-8-14(2)9-11-15)24-25-20(26)28-13-18(27)23-22-12-16-6-4-5-7-17(16)21/h4-12H,3,13H2,1-2H3,(H,23,27)/b22-12+. The average molecular weight is 397 g/mol. The molecule has 0 aliphatic rings. The summed E-state index contributed by atoms with van der Waals surface area (Å²) in [6.07, 6.45) is 1.28. The lowest BCUT2D eigenvalue weighted by Crippen LogP contribution is -2.20. The Hall–Kier alpha value is -3.00. The zero-order valence-electron chi connectivity index (χ0n) is 15.6. The Balaban J connectivity index is 1.60. The number of carbonyl (C=O) groups is 1. The molecule has 28 heavy (non-hydrogen) atoms. The molecule has 8 heteroatoms. The maximum Gasteiger partial charge on any atom is 0.250 e. The lowest BCUT2D eigenvalue weighted by atomic mass is 10.1. The summed E-state index contributed by atoms with van der Waals surface area (Å²) in [6, 6.07) is 14.3. The molecule has 0 unspecified atom stereocenters. The van der Waals surface area contributed by atoms with Crippen molar-refractivity contribution in [1.82, 2.24) is 20.2 Å². The lowest BCUT2D eigenvalue weighted by molar-refractivity contribution is -0.118. The first-order valence-corrected chi connectivity index (χ1v) is 9.76. The summed E-state index contributed by atoms with van der Waals surface area (Å²) in [6.45, 7) is 4.72. The van der Waals surface area contributed by atoms with Crippen molar-refractivity contribution < 1.29 is 9.18 Å². The largest absolute Gasteiger partial charge is 0.302 e. The van der Waals surface area contributed by atoms with Crippen molar-refractivity contribution in [3.8, 4) is 11.4 Å². The van der Waals surface area contributed by atoms with Gasteiger partial charge in [-0.2, -0.15) is 5.10 Å². The smallest absolute Gasteiger partial charge is 0.250 e. The SMILES string of the molecule is CCn1c(SCC(=O)N/N=C/c2ccccc2F)nnc1-c1ccc(C)cc1. The number of halogens is 1. The third-order valence-corrected chi connectivity index (χ3v) is 4.94. The molecule has 1 heterocycles. The first kappa shape index (κ1) is 19.8. The molecule has 0 radical (unpaired) electrons. The summed E-state index contributed by atoms with van der Waals surface area (Å²) in [5.74, 6) is 0.193. The molecule has 0 fully saturated rings. The molecule has 0 aliphatic heterocycles. The molecule has 3 rings (SSSR count). The number of rotatable bonds is 7. The molecule has 0 saturated heterocycles. The maximum absolute atomic E-state index is 13.5. The van der Waals surface area contributed by atoms with E-state index in [4.69, 9.17) is 0 Å². The van der Waals surface area contributed by atoms with Crippen molar-refractivity contribution in [1.29, 1.82) is 0 Å². The molecule has 6 nitrogen and oxygen atoms in total. The second-order valence-corrected chi connectivity index (χ2v) is 6.96. The number of nitrogens with zero attached hydrogens (tertiary/aromatic N) is 4. The number of thioether (sulfide) groups is 1. The van der Waals surface area contributed by atoms with E-state index >= 15 is 0 Å². The Morgan fingerprint density at radius 3 is 2.68 bits per heavy atom. The van der Waals surface area contributed by atoms with Crippen molar-refractivity contribution in [2.45, 2.75) is 25.5 Å². The highest BCUT2D eigenvalue weighted by Crippen LogP contribution is 2.24. The second-order valence-electron chi connectivity index (χ2n) is 6.02. The molecular formula is C20H20FN5OS. The lowest BCUT2D eigenvalue weighted by Gasteiger charge is -2.07. The highest BCUT2D eigenvalue weighted by atomic mass is 32.2. The predicted octanol–water partition coefficient (Wildman–Crippen LogP) is 3.65. The van der Waals surface area contributed by atoms with Crippen LogP contribution in [0.5, 0.6) is 0 Å². The molecule has 0 spiro atoms. The molecule has 3 aromatic rings. The van der Waals surface area contributed by atoms with E-state index in [-0.39, 0.29) is 11.7 Å².